The molecule has 0 atom stereocenters. The van der Waals surface area contributed by atoms with E-state index >= 15 is 0 Å². The highest BCUT2D eigenvalue weighted by molar-refractivity contribution is 6.13. The van der Waals surface area contributed by atoms with E-state index in [-0.39, 0.29) is 0 Å². The second kappa shape index (κ2) is 4.99. The van der Waals surface area contributed by atoms with E-state index in [1.54, 1.807) is 0 Å². The summed E-state index contributed by atoms with van der Waals surface area (Å²) in [6, 6.07) is 26.5. The van der Waals surface area contributed by atoms with Crippen molar-refractivity contribution in [3.8, 4) is 11.1 Å². The second-order valence-electron chi connectivity index (χ2n) is 6.07. The van der Waals surface area contributed by atoms with Crippen LogP contribution in [0.25, 0.3) is 32.7 Å². The van der Waals surface area contributed by atoms with Gasteiger partial charge in [0.15, 0.2) is 0 Å². The van der Waals surface area contributed by atoms with E-state index in [0.717, 1.165) is 0 Å². The van der Waals surface area contributed by atoms with Gasteiger partial charge in [-0.15, -0.1) is 0 Å². The van der Waals surface area contributed by atoms with Gasteiger partial charge in [0.05, 0.1) is 0 Å². The fourth-order valence-corrected chi connectivity index (χ4v) is 3.42. The normalized spacial score (nSPS) is 11.2. The van der Waals surface area contributed by atoms with E-state index in [1.165, 1.54) is 43.8 Å². The third-order valence-electron chi connectivity index (χ3n) is 4.30. The zero-order chi connectivity index (χ0) is 15.1. The van der Waals surface area contributed by atoms with Crippen LogP contribution in [0.4, 0.5) is 0 Å². The zero-order valence-electron chi connectivity index (χ0n) is 12.9. The Labute approximate surface area is 131 Å². The van der Waals surface area contributed by atoms with Crippen molar-refractivity contribution in [2.75, 3.05) is 0 Å². The third-order valence-corrected chi connectivity index (χ3v) is 4.30. The number of rotatable bonds is 1. The fraction of sp³-hybridized carbons (Fsp3) is 0.0909. The van der Waals surface area contributed by atoms with Crippen molar-refractivity contribution in [2.24, 2.45) is 0 Å². The minimum absolute atomic E-state index is 1.30. The first kappa shape index (κ1) is 13.1. The molecule has 0 amide bonds. The molecule has 0 N–H and O–H groups in total. The summed E-state index contributed by atoms with van der Waals surface area (Å²) in [5.41, 5.74) is 5.25. The van der Waals surface area contributed by atoms with Crippen LogP contribution in [-0.4, -0.2) is 0 Å². The van der Waals surface area contributed by atoms with Gasteiger partial charge in [-0.05, 0) is 52.6 Å². The maximum atomic E-state index is 2.33. The minimum Gasteiger partial charge on any atom is -0.0616 e. The Bertz CT molecular complexity index is 973. The molecule has 22 heavy (non-hydrogen) atoms. The van der Waals surface area contributed by atoms with Gasteiger partial charge in [-0.2, -0.15) is 0 Å². The smallest absolute Gasteiger partial charge is 0.00988 e. The summed E-state index contributed by atoms with van der Waals surface area (Å²) in [5.74, 6) is 0. The van der Waals surface area contributed by atoms with Crippen molar-refractivity contribution >= 4 is 21.5 Å². The molecule has 0 nitrogen and oxygen atoms in total. The van der Waals surface area contributed by atoms with Crippen molar-refractivity contribution in [1.82, 2.24) is 0 Å². The Morgan fingerprint density at radius 1 is 0.545 bits per heavy atom. The van der Waals surface area contributed by atoms with Crippen LogP contribution >= 0.6 is 0 Å². The molecule has 0 heteroatoms. The standard InChI is InChI=1S/C22H18/c1-15-11-16(2)13-18(12-15)22-14-17-7-3-4-8-19(17)20-9-5-6-10-21(20)22/h3-14H,1-2H3. The topological polar surface area (TPSA) is 0 Å². The summed E-state index contributed by atoms with van der Waals surface area (Å²) in [7, 11) is 0. The lowest BCUT2D eigenvalue weighted by Crippen LogP contribution is -1.86. The molecule has 0 aliphatic rings. The second-order valence-corrected chi connectivity index (χ2v) is 6.07. The monoisotopic (exact) mass is 282 g/mol. The van der Waals surface area contributed by atoms with Gasteiger partial charge in [-0.25, -0.2) is 0 Å². The van der Waals surface area contributed by atoms with Crippen molar-refractivity contribution in [3.63, 3.8) is 0 Å². The molecule has 0 saturated carbocycles. The third kappa shape index (κ3) is 2.08. The zero-order valence-corrected chi connectivity index (χ0v) is 12.9. The Morgan fingerprint density at radius 2 is 1.14 bits per heavy atom. The number of fused-ring (bicyclic) bond motifs is 3. The maximum absolute atomic E-state index is 2.33. The minimum atomic E-state index is 1.30. The Morgan fingerprint density at radius 3 is 1.86 bits per heavy atom. The summed E-state index contributed by atoms with van der Waals surface area (Å²) in [5, 5.41) is 5.28. The molecule has 0 aliphatic heterocycles. The van der Waals surface area contributed by atoms with Crippen molar-refractivity contribution in [2.45, 2.75) is 13.8 Å². The molecule has 4 aromatic rings. The van der Waals surface area contributed by atoms with Crippen molar-refractivity contribution in [3.05, 3.63) is 83.9 Å². The number of aryl methyl sites for hydroxylation is 2. The Hall–Kier alpha value is -2.60. The highest BCUT2D eigenvalue weighted by Gasteiger charge is 2.08. The SMILES string of the molecule is Cc1cc(C)cc(-c2cc3ccccc3c3ccccc23)c1. The van der Waals surface area contributed by atoms with E-state index in [9.17, 15) is 0 Å². The predicted molar refractivity (Wildman–Crippen MR) is 96.4 cm³/mol. The van der Waals surface area contributed by atoms with Gasteiger partial charge in [-0.3, -0.25) is 0 Å². The van der Waals surface area contributed by atoms with Crippen LogP contribution in [0.2, 0.25) is 0 Å². The van der Waals surface area contributed by atoms with E-state index in [0.29, 0.717) is 0 Å². The first-order chi connectivity index (χ1) is 10.7. The van der Waals surface area contributed by atoms with Gasteiger partial charge in [0, 0.05) is 0 Å². The Kier molecular flexibility index (Phi) is 2.97. The van der Waals surface area contributed by atoms with E-state index in [2.05, 4.69) is 86.6 Å². The van der Waals surface area contributed by atoms with Crippen LogP contribution in [0.1, 0.15) is 11.1 Å². The lowest BCUT2D eigenvalue weighted by atomic mass is 9.92. The van der Waals surface area contributed by atoms with Crippen molar-refractivity contribution < 1.29 is 0 Å². The largest absolute Gasteiger partial charge is 0.0616 e. The lowest BCUT2D eigenvalue weighted by molar-refractivity contribution is 1.39. The molecule has 0 saturated heterocycles. The maximum Gasteiger partial charge on any atom is -0.00988 e. The molecule has 0 bridgehead atoms. The van der Waals surface area contributed by atoms with Crippen LogP contribution in [0.3, 0.4) is 0 Å². The summed E-state index contributed by atoms with van der Waals surface area (Å²) >= 11 is 0. The quantitative estimate of drug-likeness (QED) is 0.360. The van der Waals surface area contributed by atoms with Gasteiger partial charge < -0.3 is 0 Å². The summed E-state index contributed by atoms with van der Waals surface area (Å²) in [6.07, 6.45) is 0. The average molecular weight is 282 g/mol. The van der Waals surface area contributed by atoms with Gasteiger partial charge in [0.25, 0.3) is 0 Å². The molecular formula is C22H18. The van der Waals surface area contributed by atoms with Gasteiger partial charge in [0.1, 0.15) is 0 Å². The van der Waals surface area contributed by atoms with Crippen molar-refractivity contribution in [1.29, 1.82) is 0 Å². The molecular weight excluding hydrogens is 264 g/mol. The first-order valence-electron chi connectivity index (χ1n) is 7.71. The number of hydrogen-bond acceptors (Lipinski definition) is 0. The van der Waals surface area contributed by atoms with E-state index in [1.807, 2.05) is 0 Å². The lowest BCUT2D eigenvalue weighted by Gasteiger charge is -2.12. The average Bonchev–Trinajstić information content (AvgIpc) is 2.53. The van der Waals surface area contributed by atoms with E-state index < -0.39 is 0 Å². The first-order valence-corrected chi connectivity index (χ1v) is 7.71. The molecule has 106 valence electrons. The summed E-state index contributed by atoms with van der Waals surface area (Å²) in [6.45, 7) is 4.33. The van der Waals surface area contributed by atoms with Crippen LogP contribution in [0, 0.1) is 13.8 Å². The summed E-state index contributed by atoms with van der Waals surface area (Å²) in [4.78, 5) is 0. The van der Waals surface area contributed by atoms with Gasteiger partial charge in [-0.1, -0.05) is 77.9 Å². The van der Waals surface area contributed by atoms with Crippen LogP contribution in [0.15, 0.2) is 72.8 Å². The van der Waals surface area contributed by atoms with Crippen LogP contribution in [0.5, 0.6) is 0 Å². The Balaban J connectivity index is 2.15. The molecule has 0 aromatic heterocycles. The van der Waals surface area contributed by atoms with Gasteiger partial charge in [0.2, 0.25) is 0 Å². The fourth-order valence-electron chi connectivity index (χ4n) is 3.42. The highest BCUT2D eigenvalue weighted by atomic mass is 14.1. The summed E-state index contributed by atoms with van der Waals surface area (Å²) < 4.78 is 0. The molecule has 0 fully saturated rings. The number of hydrogen-bond donors (Lipinski definition) is 0. The molecule has 4 aromatic carbocycles. The van der Waals surface area contributed by atoms with Gasteiger partial charge >= 0.3 is 0 Å². The van der Waals surface area contributed by atoms with Crippen LogP contribution < -0.4 is 0 Å². The number of benzene rings is 4. The molecule has 0 aliphatic carbocycles. The van der Waals surface area contributed by atoms with E-state index in [4.69, 9.17) is 0 Å². The molecule has 0 radical (unpaired) electrons. The van der Waals surface area contributed by atoms with Crippen LogP contribution in [-0.2, 0) is 0 Å². The molecule has 0 unspecified atom stereocenters. The molecule has 0 spiro atoms. The molecule has 4 rings (SSSR count). The highest BCUT2D eigenvalue weighted by Crippen LogP contribution is 2.35. The molecule has 0 heterocycles. The predicted octanol–water partition coefficient (Wildman–Crippen LogP) is 6.28.